The summed E-state index contributed by atoms with van der Waals surface area (Å²) in [6.07, 6.45) is 4.74. The van der Waals surface area contributed by atoms with Crippen molar-refractivity contribution in [3.05, 3.63) is 17.2 Å². The van der Waals surface area contributed by atoms with Gasteiger partial charge in [-0.1, -0.05) is 13.8 Å². The van der Waals surface area contributed by atoms with Gasteiger partial charge in [0, 0.05) is 32.7 Å². The molecule has 0 unspecified atom stereocenters. The van der Waals surface area contributed by atoms with Gasteiger partial charge in [0.05, 0.1) is 5.69 Å². The highest BCUT2D eigenvalue weighted by Gasteiger charge is 2.30. The van der Waals surface area contributed by atoms with E-state index in [0.717, 1.165) is 57.4 Å². The van der Waals surface area contributed by atoms with Gasteiger partial charge >= 0.3 is 0 Å². The zero-order valence-corrected chi connectivity index (χ0v) is 16.2. The average Bonchev–Trinajstić information content (AvgIpc) is 3.01. The van der Waals surface area contributed by atoms with Crippen molar-refractivity contribution in [3.63, 3.8) is 0 Å². The Morgan fingerprint density at radius 2 is 1.60 bits per heavy atom. The molecule has 0 saturated heterocycles. The van der Waals surface area contributed by atoms with Gasteiger partial charge in [0.15, 0.2) is 5.82 Å². The summed E-state index contributed by atoms with van der Waals surface area (Å²) in [6.45, 7) is 11.6. The summed E-state index contributed by atoms with van der Waals surface area (Å²) in [5.74, 6) is 0.366. The fourth-order valence-electron chi connectivity index (χ4n) is 3.53. The number of carbonyl (C=O) groups excluding carboxylic acids is 2. The number of amides is 2. The molecule has 25 heavy (non-hydrogen) atoms. The maximum atomic E-state index is 13.1. The molecule has 1 aliphatic heterocycles. The standard InChI is InChI=1S/C19H32N4O2/c1-5-12-22(13-6-2)19(25)17-20-16(18(24)21(7-3)8-4)15-11-9-10-14-23(15)17/h5-14H2,1-4H3. The highest BCUT2D eigenvalue weighted by atomic mass is 16.2. The van der Waals surface area contributed by atoms with E-state index in [2.05, 4.69) is 18.8 Å². The molecule has 0 saturated carbocycles. The van der Waals surface area contributed by atoms with Gasteiger partial charge in [-0.05, 0) is 46.0 Å². The van der Waals surface area contributed by atoms with Crippen LogP contribution in [0.2, 0.25) is 0 Å². The average molecular weight is 348 g/mol. The maximum Gasteiger partial charge on any atom is 0.289 e. The Labute approximate surface area is 151 Å². The molecule has 0 aliphatic carbocycles. The Hall–Kier alpha value is -1.85. The maximum absolute atomic E-state index is 13.1. The third-order valence-corrected chi connectivity index (χ3v) is 4.84. The number of hydrogen-bond acceptors (Lipinski definition) is 3. The van der Waals surface area contributed by atoms with Crippen LogP contribution in [0, 0.1) is 0 Å². The summed E-state index contributed by atoms with van der Waals surface area (Å²) in [5.41, 5.74) is 1.43. The van der Waals surface area contributed by atoms with Gasteiger partial charge in [0.1, 0.15) is 5.69 Å². The fourth-order valence-corrected chi connectivity index (χ4v) is 3.53. The van der Waals surface area contributed by atoms with Crippen LogP contribution < -0.4 is 0 Å². The van der Waals surface area contributed by atoms with E-state index in [-0.39, 0.29) is 11.8 Å². The van der Waals surface area contributed by atoms with Crippen molar-refractivity contribution in [1.82, 2.24) is 19.4 Å². The molecule has 0 N–H and O–H groups in total. The van der Waals surface area contributed by atoms with Gasteiger partial charge in [-0.25, -0.2) is 4.98 Å². The smallest absolute Gasteiger partial charge is 0.289 e. The predicted molar refractivity (Wildman–Crippen MR) is 98.9 cm³/mol. The summed E-state index contributed by atoms with van der Waals surface area (Å²) in [6, 6.07) is 0. The van der Waals surface area contributed by atoms with Crippen molar-refractivity contribution in [2.24, 2.45) is 0 Å². The molecule has 6 nitrogen and oxygen atoms in total. The van der Waals surface area contributed by atoms with Crippen LogP contribution in [-0.4, -0.2) is 57.3 Å². The van der Waals surface area contributed by atoms with E-state index >= 15 is 0 Å². The van der Waals surface area contributed by atoms with Crippen LogP contribution in [0.15, 0.2) is 0 Å². The molecule has 0 aromatic carbocycles. The minimum atomic E-state index is -0.0489. The van der Waals surface area contributed by atoms with Crippen LogP contribution in [0.25, 0.3) is 0 Å². The minimum Gasteiger partial charge on any atom is -0.338 e. The Morgan fingerprint density at radius 3 is 2.16 bits per heavy atom. The fraction of sp³-hybridized carbons (Fsp3) is 0.737. The first-order chi connectivity index (χ1) is 12.1. The highest BCUT2D eigenvalue weighted by molar-refractivity contribution is 5.97. The molecule has 0 atom stereocenters. The SMILES string of the molecule is CCCN(CCC)C(=O)c1nc(C(=O)N(CC)CC)c2n1CCCC2. The Bertz CT molecular complexity index is 599. The largest absolute Gasteiger partial charge is 0.338 e. The first-order valence-electron chi connectivity index (χ1n) is 9.76. The third-order valence-electron chi connectivity index (χ3n) is 4.84. The molecule has 0 radical (unpaired) electrons. The van der Waals surface area contributed by atoms with Crippen molar-refractivity contribution in [1.29, 1.82) is 0 Å². The van der Waals surface area contributed by atoms with Crippen molar-refractivity contribution in [2.75, 3.05) is 26.2 Å². The Kier molecular flexibility index (Phi) is 7.02. The number of nitrogens with zero attached hydrogens (tertiary/aromatic N) is 4. The molecule has 2 amide bonds. The summed E-state index contributed by atoms with van der Waals surface area (Å²) >= 11 is 0. The predicted octanol–water partition coefficient (Wildman–Crippen LogP) is 2.96. The lowest BCUT2D eigenvalue weighted by atomic mass is 10.1. The van der Waals surface area contributed by atoms with Gasteiger partial charge < -0.3 is 14.4 Å². The first kappa shape index (κ1) is 19.5. The van der Waals surface area contributed by atoms with E-state index < -0.39 is 0 Å². The highest BCUT2D eigenvalue weighted by Crippen LogP contribution is 2.23. The number of rotatable bonds is 8. The van der Waals surface area contributed by atoms with Gasteiger partial charge in [-0.15, -0.1) is 0 Å². The minimum absolute atomic E-state index is 0.0366. The quantitative estimate of drug-likeness (QED) is 0.726. The van der Waals surface area contributed by atoms with Gasteiger partial charge in [0.2, 0.25) is 0 Å². The normalized spacial score (nSPS) is 13.4. The molecule has 1 aliphatic rings. The molecule has 1 aromatic heterocycles. The summed E-state index contributed by atoms with van der Waals surface area (Å²) < 4.78 is 2.00. The molecule has 0 fully saturated rings. The lowest BCUT2D eigenvalue weighted by Crippen LogP contribution is -2.35. The van der Waals surface area contributed by atoms with Gasteiger partial charge in [0.25, 0.3) is 11.8 Å². The van der Waals surface area contributed by atoms with Crippen LogP contribution in [-0.2, 0) is 13.0 Å². The topological polar surface area (TPSA) is 58.4 Å². The van der Waals surface area contributed by atoms with Gasteiger partial charge in [-0.2, -0.15) is 0 Å². The van der Waals surface area contributed by atoms with Crippen molar-refractivity contribution in [3.8, 4) is 0 Å². The molecular weight excluding hydrogens is 316 g/mol. The number of carbonyl (C=O) groups is 2. The van der Waals surface area contributed by atoms with E-state index in [1.165, 1.54) is 0 Å². The number of imidazole rings is 1. The number of fused-ring (bicyclic) bond motifs is 1. The second-order valence-corrected chi connectivity index (χ2v) is 6.61. The van der Waals surface area contributed by atoms with Crippen LogP contribution in [0.5, 0.6) is 0 Å². The zero-order valence-electron chi connectivity index (χ0n) is 16.2. The molecule has 0 spiro atoms. The molecule has 2 heterocycles. The van der Waals surface area contributed by atoms with Gasteiger partial charge in [-0.3, -0.25) is 9.59 Å². The molecular formula is C19H32N4O2. The third kappa shape index (κ3) is 4.05. The molecule has 0 bridgehead atoms. The Morgan fingerprint density at radius 1 is 0.960 bits per heavy atom. The molecule has 1 aromatic rings. The van der Waals surface area contributed by atoms with E-state index in [0.29, 0.717) is 24.6 Å². The summed E-state index contributed by atoms with van der Waals surface area (Å²) in [5, 5.41) is 0. The summed E-state index contributed by atoms with van der Waals surface area (Å²) in [4.78, 5) is 34.1. The van der Waals surface area contributed by atoms with E-state index in [1.54, 1.807) is 4.90 Å². The van der Waals surface area contributed by atoms with E-state index in [1.807, 2.05) is 23.3 Å². The molecule has 6 heteroatoms. The first-order valence-corrected chi connectivity index (χ1v) is 9.76. The second-order valence-electron chi connectivity index (χ2n) is 6.61. The monoisotopic (exact) mass is 348 g/mol. The van der Waals surface area contributed by atoms with Crippen molar-refractivity contribution >= 4 is 11.8 Å². The van der Waals surface area contributed by atoms with Crippen LogP contribution in [0.4, 0.5) is 0 Å². The summed E-state index contributed by atoms with van der Waals surface area (Å²) in [7, 11) is 0. The van der Waals surface area contributed by atoms with E-state index in [9.17, 15) is 9.59 Å². The zero-order chi connectivity index (χ0) is 18.4. The van der Waals surface area contributed by atoms with Crippen molar-refractivity contribution in [2.45, 2.75) is 66.3 Å². The number of hydrogen-bond donors (Lipinski definition) is 0. The Balaban J connectivity index is 2.42. The second kappa shape index (κ2) is 9.02. The van der Waals surface area contributed by atoms with Crippen LogP contribution >= 0.6 is 0 Å². The van der Waals surface area contributed by atoms with Crippen LogP contribution in [0.3, 0.4) is 0 Å². The molecule has 140 valence electrons. The van der Waals surface area contributed by atoms with E-state index in [4.69, 9.17) is 0 Å². The van der Waals surface area contributed by atoms with Crippen molar-refractivity contribution < 1.29 is 9.59 Å². The lowest BCUT2D eigenvalue weighted by Gasteiger charge is -2.23. The van der Waals surface area contributed by atoms with Crippen LogP contribution in [0.1, 0.15) is 80.2 Å². The number of aromatic nitrogens is 2. The molecule has 2 rings (SSSR count). The lowest BCUT2D eigenvalue weighted by molar-refractivity contribution is 0.0737.